The second-order valence-electron chi connectivity index (χ2n) is 10.5. The summed E-state index contributed by atoms with van der Waals surface area (Å²) < 4.78 is 5.00. The van der Waals surface area contributed by atoms with E-state index in [2.05, 4.69) is 66.0 Å². The Balaban J connectivity index is 1.35. The number of aryl methyl sites for hydroxylation is 1. The standard InChI is InChI=1S/C35H29N3O2/c36-33-30-19-17-27-25-7-3-1-5-21(25)9-15-28(27)29(30)18-20-31(33)32-16-10-22-6-2-4-8-26(22)34(32)38-23-11-13-24(14-12-23)40-35(37)39/h2-4,6-8,10-14,16-20,38H,1,5,9,15,36H2,(H2,37,39). The van der Waals surface area contributed by atoms with E-state index in [0.717, 1.165) is 63.6 Å². The van der Waals surface area contributed by atoms with Crippen LogP contribution in [-0.4, -0.2) is 6.09 Å². The van der Waals surface area contributed by atoms with Gasteiger partial charge in [0, 0.05) is 33.3 Å². The molecular weight excluding hydrogens is 494 g/mol. The van der Waals surface area contributed by atoms with Crippen LogP contribution in [0.25, 0.3) is 38.2 Å². The summed E-state index contributed by atoms with van der Waals surface area (Å²) in [5.74, 6) is 0.393. The zero-order valence-electron chi connectivity index (χ0n) is 22.0. The number of rotatable bonds is 4. The van der Waals surface area contributed by atoms with E-state index in [1.165, 1.54) is 28.5 Å². The number of primary amides is 1. The summed E-state index contributed by atoms with van der Waals surface area (Å²) in [5.41, 5.74) is 22.5. The van der Waals surface area contributed by atoms with Crippen LogP contribution < -0.4 is 21.5 Å². The lowest BCUT2D eigenvalue weighted by Gasteiger charge is -2.26. The predicted octanol–water partition coefficient (Wildman–Crippen LogP) is 8.49. The van der Waals surface area contributed by atoms with Gasteiger partial charge in [-0.05, 0) is 77.4 Å². The van der Waals surface area contributed by atoms with E-state index in [9.17, 15) is 4.79 Å². The first-order chi connectivity index (χ1) is 19.6. The van der Waals surface area contributed by atoms with Gasteiger partial charge in [-0.2, -0.15) is 0 Å². The molecule has 0 aliphatic heterocycles. The minimum absolute atomic E-state index is 0.393. The van der Waals surface area contributed by atoms with Gasteiger partial charge in [0.25, 0.3) is 0 Å². The monoisotopic (exact) mass is 523 g/mol. The number of benzene rings is 5. The van der Waals surface area contributed by atoms with Crippen molar-refractivity contribution >= 4 is 50.3 Å². The Morgan fingerprint density at radius 1 is 0.750 bits per heavy atom. The number of nitrogens with one attached hydrogen (secondary N) is 1. The van der Waals surface area contributed by atoms with Crippen molar-refractivity contribution in [1.29, 1.82) is 0 Å². The molecule has 196 valence electrons. The van der Waals surface area contributed by atoms with Crippen molar-refractivity contribution in [3.05, 3.63) is 114 Å². The number of anilines is 3. The highest BCUT2D eigenvalue weighted by Crippen LogP contribution is 2.45. The average molecular weight is 524 g/mol. The zero-order chi connectivity index (χ0) is 27.2. The third kappa shape index (κ3) is 4.07. The summed E-state index contributed by atoms with van der Waals surface area (Å²) in [4.78, 5) is 11.1. The third-order valence-corrected chi connectivity index (χ3v) is 8.16. The topological polar surface area (TPSA) is 90.4 Å². The van der Waals surface area contributed by atoms with Crippen LogP contribution in [0.3, 0.4) is 0 Å². The number of hydrogen-bond donors (Lipinski definition) is 3. The van der Waals surface area contributed by atoms with Crippen LogP contribution in [0.15, 0.2) is 103 Å². The largest absolute Gasteiger partial charge is 0.411 e. The second kappa shape index (κ2) is 9.62. The van der Waals surface area contributed by atoms with Gasteiger partial charge in [-0.3, -0.25) is 0 Å². The van der Waals surface area contributed by atoms with E-state index < -0.39 is 6.09 Å². The fraction of sp³-hybridized carbons (Fsp3) is 0.114. The lowest BCUT2D eigenvalue weighted by Crippen LogP contribution is -2.16. The predicted molar refractivity (Wildman–Crippen MR) is 165 cm³/mol. The van der Waals surface area contributed by atoms with Gasteiger partial charge in [0.05, 0.1) is 5.69 Å². The van der Waals surface area contributed by atoms with E-state index in [0.29, 0.717) is 5.75 Å². The molecule has 0 heterocycles. The number of nitrogen functional groups attached to an aromatic ring is 1. The van der Waals surface area contributed by atoms with E-state index in [1.54, 1.807) is 17.7 Å². The molecule has 0 bridgehead atoms. The summed E-state index contributed by atoms with van der Waals surface area (Å²) in [5, 5.41) is 8.15. The molecule has 5 nitrogen and oxygen atoms in total. The highest BCUT2D eigenvalue weighted by molar-refractivity contribution is 6.09. The van der Waals surface area contributed by atoms with Crippen LogP contribution in [0, 0.1) is 0 Å². The molecule has 0 unspecified atom stereocenters. The van der Waals surface area contributed by atoms with Crippen molar-refractivity contribution in [2.45, 2.75) is 25.7 Å². The normalized spacial score (nSPS) is 14.2. The number of amides is 1. The summed E-state index contributed by atoms with van der Waals surface area (Å²) in [6.45, 7) is 0. The van der Waals surface area contributed by atoms with Gasteiger partial charge in [0.15, 0.2) is 0 Å². The highest BCUT2D eigenvalue weighted by Gasteiger charge is 2.22. The Morgan fingerprint density at radius 2 is 1.52 bits per heavy atom. The highest BCUT2D eigenvalue weighted by atomic mass is 16.5. The van der Waals surface area contributed by atoms with Crippen LogP contribution in [-0.2, 0) is 6.42 Å². The van der Waals surface area contributed by atoms with Gasteiger partial charge in [-0.15, -0.1) is 0 Å². The lowest BCUT2D eigenvalue weighted by atomic mass is 9.79. The Labute approximate surface area is 232 Å². The van der Waals surface area contributed by atoms with Crippen molar-refractivity contribution in [2.24, 2.45) is 5.73 Å². The van der Waals surface area contributed by atoms with Gasteiger partial charge in [-0.25, -0.2) is 4.79 Å². The van der Waals surface area contributed by atoms with Crippen LogP contribution >= 0.6 is 0 Å². The molecule has 2 aliphatic carbocycles. The summed E-state index contributed by atoms with van der Waals surface area (Å²) in [6, 6.07) is 28.6. The molecule has 0 spiro atoms. The van der Waals surface area contributed by atoms with Crippen LogP contribution in [0.4, 0.5) is 21.9 Å². The molecular formula is C35H29N3O2. The minimum atomic E-state index is -0.836. The minimum Gasteiger partial charge on any atom is -0.411 e. The maximum absolute atomic E-state index is 11.1. The van der Waals surface area contributed by atoms with Crippen LogP contribution in [0.5, 0.6) is 5.75 Å². The number of carbonyl (C=O) groups is 1. The summed E-state index contributed by atoms with van der Waals surface area (Å²) in [6.07, 6.45) is 8.25. The smallest absolute Gasteiger partial charge is 0.409 e. The quantitative estimate of drug-likeness (QED) is 0.206. The second-order valence-corrected chi connectivity index (χ2v) is 10.5. The molecule has 2 aliphatic rings. The molecule has 0 atom stereocenters. The van der Waals surface area contributed by atoms with Gasteiger partial charge in [-0.1, -0.05) is 78.4 Å². The fourth-order valence-electron chi connectivity index (χ4n) is 6.27. The summed E-state index contributed by atoms with van der Waals surface area (Å²) in [7, 11) is 0. The molecule has 5 N–H and O–H groups in total. The summed E-state index contributed by atoms with van der Waals surface area (Å²) >= 11 is 0. The molecule has 0 radical (unpaired) electrons. The van der Waals surface area contributed by atoms with Crippen molar-refractivity contribution in [3.63, 3.8) is 0 Å². The zero-order valence-corrected chi connectivity index (χ0v) is 22.0. The molecule has 5 heteroatoms. The number of nitrogens with two attached hydrogens (primary N) is 2. The van der Waals surface area contributed by atoms with E-state index >= 15 is 0 Å². The number of allylic oxidation sites excluding steroid dienone is 4. The third-order valence-electron chi connectivity index (χ3n) is 8.16. The Hall–Kier alpha value is -5.03. The van der Waals surface area contributed by atoms with Crippen LogP contribution in [0.1, 0.15) is 30.4 Å². The van der Waals surface area contributed by atoms with E-state index in [-0.39, 0.29) is 0 Å². The SMILES string of the molecule is NC(=O)Oc1ccc(Nc2c(-c3ccc4c5c(ccc4c3N)C3=C(CCC=C3)CC5)ccc3ccccc23)cc1. The maximum Gasteiger partial charge on any atom is 0.409 e. The lowest BCUT2D eigenvalue weighted by molar-refractivity contribution is 0.211. The van der Waals surface area contributed by atoms with Gasteiger partial charge < -0.3 is 21.5 Å². The first kappa shape index (κ1) is 24.0. The molecule has 5 aromatic rings. The van der Waals surface area contributed by atoms with Crippen molar-refractivity contribution in [3.8, 4) is 16.9 Å². The van der Waals surface area contributed by atoms with Gasteiger partial charge in [0.1, 0.15) is 5.75 Å². The van der Waals surface area contributed by atoms with E-state index in [4.69, 9.17) is 16.2 Å². The molecule has 0 saturated carbocycles. The first-order valence-electron chi connectivity index (χ1n) is 13.7. The molecule has 0 fully saturated rings. The molecule has 40 heavy (non-hydrogen) atoms. The van der Waals surface area contributed by atoms with E-state index in [1.807, 2.05) is 24.3 Å². The van der Waals surface area contributed by atoms with Crippen LogP contribution in [0.2, 0.25) is 0 Å². The molecule has 5 aromatic carbocycles. The number of ether oxygens (including phenoxy) is 1. The number of carbonyl (C=O) groups excluding carboxylic acids is 1. The molecule has 1 amide bonds. The Kier molecular flexibility index (Phi) is 5.78. The maximum atomic E-state index is 11.1. The molecule has 0 aromatic heterocycles. The Bertz CT molecular complexity index is 1880. The molecule has 7 rings (SSSR count). The van der Waals surface area contributed by atoms with Gasteiger partial charge >= 0.3 is 6.09 Å². The van der Waals surface area contributed by atoms with Crippen molar-refractivity contribution in [1.82, 2.24) is 0 Å². The van der Waals surface area contributed by atoms with Crippen molar-refractivity contribution in [2.75, 3.05) is 11.1 Å². The van der Waals surface area contributed by atoms with Gasteiger partial charge in [0.2, 0.25) is 0 Å². The number of hydrogen-bond acceptors (Lipinski definition) is 4. The number of fused-ring (bicyclic) bond motifs is 5. The fourth-order valence-corrected chi connectivity index (χ4v) is 6.27. The first-order valence-corrected chi connectivity index (χ1v) is 13.7. The molecule has 0 saturated heterocycles. The van der Waals surface area contributed by atoms with Crippen molar-refractivity contribution < 1.29 is 9.53 Å². The Morgan fingerprint density at radius 3 is 2.38 bits per heavy atom. The average Bonchev–Trinajstić information content (AvgIpc) is 2.98.